The molecule has 0 aliphatic carbocycles. The van der Waals surface area contributed by atoms with E-state index in [0.717, 1.165) is 66.3 Å². The maximum Gasteiger partial charge on any atom is 0.136 e. The first-order chi connectivity index (χ1) is 21.3. The van der Waals surface area contributed by atoms with Gasteiger partial charge in [0.1, 0.15) is 11.2 Å². The van der Waals surface area contributed by atoms with Crippen molar-refractivity contribution >= 4 is 54.4 Å². The Kier molecular flexibility index (Phi) is 5.20. The lowest BCUT2D eigenvalue weighted by molar-refractivity contribution is 0.669. The van der Waals surface area contributed by atoms with E-state index >= 15 is 0 Å². The van der Waals surface area contributed by atoms with Crippen molar-refractivity contribution in [2.24, 2.45) is 0 Å². The first-order valence-electron chi connectivity index (χ1n) is 14.5. The SMILES string of the molecule is c1ccc2cc(-c3nc(-c4ccc(-c5cccc6oc7ccccc7c56)c5ccccc45)cc4ncccc34)ccc2c1. The average Bonchev–Trinajstić information content (AvgIpc) is 3.46. The van der Waals surface area contributed by atoms with Crippen LogP contribution in [0.2, 0.25) is 0 Å². The van der Waals surface area contributed by atoms with E-state index in [1.165, 1.54) is 21.7 Å². The van der Waals surface area contributed by atoms with Gasteiger partial charge in [0.2, 0.25) is 0 Å². The number of rotatable bonds is 3. The van der Waals surface area contributed by atoms with Gasteiger partial charge in [-0.25, -0.2) is 4.98 Å². The highest BCUT2D eigenvalue weighted by Crippen LogP contribution is 2.42. The molecule has 3 heterocycles. The van der Waals surface area contributed by atoms with Crippen molar-refractivity contribution in [2.75, 3.05) is 0 Å². The van der Waals surface area contributed by atoms with Crippen molar-refractivity contribution in [1.29, 1.82) is 0 Å². The van der Waals surface area contributed by atoms with Crippen LogP contribution in [-0.2, 0) is 0 Å². The van der Waals surface area contributed by atoms with Gasteiger partial charge in [-0.1, -0.05) is 103 Å². The molecule has 0 saturated heterocycles. The van der Waals surface area contributed by atoms with Crippen LogP contribution in [-0.4, -0.2) is 9.97 Å². The number of fused-ring (bicyclic) bond motifs is 6. The fraction of sp³-hybridized carbons (Fsp3) is 0. The van der Waals surface area contributed by atoms with Crippen molar-refractivity contribution in [1.82, 2.24) is 9.97 Å². The van der Waals surface area contributed by atoms with Crippen LogP contribution >= 0.6 is 0 Å². The highest BCUT2D eigenvalue weighted by Gasteiger charge is 2.17. The van der Waals surface area contributed by atoms with Gasteiger partial charge in [0, 0.05) is 33.5 Å². The number of aromatic nitrogens is 2. The van der Waals surface area contributed by atoms with Gasteiger partial charge in [-0.15, -0.1) is 0 Å². The largest absolute Gasteiger partial charge is 0.456 e. The molecular weight excluding hydrogens is 524 g/mol. The molecule has 0 aliphatic rings. The summed E-state index contributed by atoms with van der Waals surface area (Å²) in [5.74, 6) is 0. The number of nitrogens with zero attached hydrogens (tertiary/aromatic N) is 2. The standard InChI is InChI=1S/C40H24N2O/c1-2-10-26-23-27(19-18-25(26)9-1)40-33-15-8-22-41-35(33)24-36(42-40)31-21-20-30(28-11-3-4-12-29(28)31)32-14-7-17-38-39(32)34-13-5-6-16-37(34)43-38/h1-24H. The summed E-state index contributed by atoms with van der Waals surface area (Å²) in [6.45, 7) is 0. The molecule has 0 spiro atoms. The van der Waals surface area contributed by atoms with E-state index in [1.54, 1.807) is 0 Å². The summed E-state index contributed by atoms with van der Waals surface area (Å²) in [7, 11) is 0. The van der Waals surface area contributed by atoms with Crippen molar-refractivity contribution in [2.45, 2.75) is 0 Å². The van der Waals surface area contributed by atoms with Gasteiger partial charge >= 0.3 is 0 Å². The monoisotopic (exact) mass is 548 g/mol. The summed E-state index contributed by atoms with van der Waals surface area (Å²) < 4.78 is 6.23. The minimum absolute atomic E-state index is 0.897. The van der Waals surface area contributed by atoms with E-state index in [1.807, 2.05) is 24.4 Å². The molecule has 0 aliphatic heterocycles. The number of hydrogen-bond donors (Lipinski definition) is 0. The quantitative estimate of drug-likeness (QED) is 0.220. The zero-order chi connectivity index (χ0) is 28.3. The molecule has 9 aromatic rings. The van der Waals surface area contributed by atoms with Gasteiger partial charge in [-0.2, -0.15) is 0 Å². The number of hydrogen-bond acceptors (Lipinski definition) is 3. The lowest BCUT2D eigenvalue weighted by Gasteiger charge is -2.14. The van der Waals surface area contributed by atoms with Crippen molar-refractivity contribution < 1.29 is 4.42 Å². The molecule has 3 heteroatoms. The maximum absolute atomic E-state index is 6.23. The highest BCUT2D eigenvalue weighted by molar-refractivity contribution is 6.16. The zero-order valence-corrected chi connectivity index (χ0v) is 23.2. The van der Waals surface area contributed by atoms with E-state index in [-0.39, 0.29) is 0 Å². The molecule has 3 nitrogen and oxygen atoms in total. The minimum atomic E-state index is 0.897. The third kappa shape index (κ3) is 3.75. The van der Waals surface area contributed by atoms with Crippen molar-refractivity contribution in [3.05, 3.63) is 146 Å². The van der Waals surface area contributed by atoms with Crippen LogP contribution in [0.4, 0.5) is 0 Å². The van der Waals surface area contributed by atoms with E-state index in [2.05, 4.69) is 121 Å². The van der Waals surface area contributed by atoms with Crippen LogP contribution in [0.1, 0.15) is 0 Å². The molecule has 9 rings (SSSR count). The average molecular weight is 549 g/mol. The molecule has 3 aromatic heterocycles. The Labute approximate surface area is 247 Å². The highest BCUT2D eigenvalue weighted by atomic mass is 16.3. The Morgan fingerprint density at radius 2 is 1.19 bits per heavy atom. The Balaban J connectivity index is 1.29. The number of para-hydroxylation sites is 1. The first kappa shape index (κ1) is 23.9. The van der Waals surface area contributed by atoms with Gasteiger partial charge in [0.15, 0.2) is 0 Å². The first-order valence-corrected chi connectivity index (χ1v) is 14.5. The Bertz CT molecular complexity index is 2520. The lowest BCUT2D eigenvalue weighted by atomic mass is 9.91. The molecule has 0 fully saturated rings. The summed E-state index contributed by atoms with van der Waals surface area (Å²) in [5, 5.41) is 8.05. The van der Waals surface area contributed by atoms with E-state index < -0.39 is 0 Å². The molecular formula is C40H24N2O. The summed E-state index contributed by atoms with van der Waals surface area (Å²) in [4.78, 5) is 10.1. The van der Waals surface area contributed by atoms with Crippen molar-refractivity contribution in [3.8, 4) is 33.6 Å². The van der Waals surface area contributed by atoms with Crippen LogP contribution < -0.4 is 0 Å². The third-order valence-corrected chi connectivity index (χ3v) is 8.51. The van der Waals surface area contributed by atoms with Gasteiger partial charge in [0.05, 0.1) is 16.9 Å². The zero-order valence-electron chi connectivity index (χ0n) is 23.2. The Morgan fingerprint density at radius 3 is 2.09 bits per heavy atom. The summed E-state index contributed by atoms with van der Waals surface area (Å²) in [6, 6.07) is 48.9. The Morgan fingerprint density at radius 1 is 0.465 bits per heavy atom. The van der Waals surface area contributed by atoms with Crippen LogP contribution in [0.15, 0.2) is 150 Å². The normalized spacial score (nSPS) is 11.7. The predicted octanol–water partition coefficient (Wildman–Crippen LogP) is 10.8. The predicted molar refractivity (Wildman–Crippen MR) is 178 cm³/mol. The second kappa shape index (κ2) is 9.37. The second-order valence-corrected chi connectivity index (χ2v) is 11.0. The van der Waals surface area contributed by atoms with Gasteiger partial charge in [-0.3, -0.25) is 4.98 Å². The number of pyridine rings is 2. The smallest absolute Gasteiger partial charge is 0.136 e. The molecule has 0 unspecified atom stereocenters. The molecule has 6 aromatic carbocycles. The van der Waals surface area contributed by atoms with Gasteiger partial charge in [-0.05, 0) is 69.1 Å². The summed E-state index contributed by atoms with van der Waals surface area (Å²) in [5.41, 5.74) is 9.07. The summed E-state index contributed by atoms with van der Waals surface area (Å²) in [6.07, 6.45) is 1.85. The van der Waals surface area contributed by atoms with E-state index in [9.17, 15) is 0 Å². The van der Waals surface area contributed by atoms with E-state index in [4.69, 9.17) is 14.4 Å². The lowest BCUT2D eigenvalue weighted by Crippen LogP contribution is -1.94. The molecule has 0 saturated carbocycles. The second-order valence-electron chi connectivity index (χ2n) is 11.0. The van der Waals surface area contributed by atoms with Gasteiger partial charge < -0.3 is 4.42 Å². The molecule has 0 atom stereocenters. The molecule has 0 bridgehead atoms. The van der Waals surface area contributed by atoms with Crippen molar-refractivity contribution in [3.63, 3.8) is 0 Å². The summed E-state index contributed by atoms with van der Waals surface area (Å²) >= 11 is 0. The van der Waals surface area contributed by atoms with Crippen LogP contribution in [0.5, 0.6) is 0 Å². The molecule has 0 amide bonds. The minimum Gasteiger partial charge on any atom is -0.456 e. The van der Waals surface area contributed by atoms with Crippen LogP contribution in [0.25, 0.3) is 88.0 Å². The number of furan rings is 1. The van der Waals surface area contributed by atoms with Crippen LogP contribution in [0, 0.1) is 0 Å². The maximum atomic E-state index is 6.23. The topological polar surface area (TPSA) is 38.9 Å². The number of benzene rings is 6. The fourth-order valence-corrected chi connectivity index (χ4v) is 6.53. The molecule has 0 N–H and O–H groups in total. The third-order valence-electron chi connectivity index (χ3n) is 8.51. The fourth-order valence-electron chi connectivity index (χ4n) is 6.53. The molecule has 200 valence electrons. The molecule has 43 heavy (non-hydrogen) atoms. The molecule has 0 radical (unpaired) electrons. The van der Waals surface area contributed by atoms with E-state index in [0.29, 0.717) is 0 Å². The van der Waals surface area contributed by atoms with Crippen LogP contribution in [0.3, 0.4) is 0 Å². The van der Waals surface area contributed by atoms with Gasteiger partial charge in [0.25, 0.3) is 0 Å². The Hall–Kier alpha value is -5.80.